The number of anilines is 2. The number of carbonyl (C=O) groups excluding carboxylic acids is 1. The number of aromatic nitrogens is 4. The van der Waals surface area contributed by atoms with Crippen molar-refractivity contribution in [2.24, 2.45) is 0 Å². The van der Waals surface area contributed by atoms with E-state index in [4.69, 9.17) is 34.4 Å². The number of hydrogen-bond acceptors (Lipinski definition) is 9. The van der Waals surface area contributed by atoms with E-state index in [1.165, 1.54) is 0 Å². The first-order valence-electron chi connectivity index (χ1n) is 13.4. The van der Waals surface area contributed by atoms with E-state index >= 15 is 0 Å². The Hall–Kier alpha value is -3.28. The highest BCUT2D eigenvalue weighted by molar-refractivity contribution is 5.89. The molecule has 1 aliphatic carbocycles. The van der Waals surface area contributed by atoms with Gasteiger partial charge in [-0.3, -0.25) is 5.32 Å². The number of fused-ring (bicyclic) bond motifs is 3. The predicted octanol–water partition coefficient (Wildman–Crippen LogP) is 3.53. The number of methoxy groups -OCH3 is 1. The molecule has 1 amide bonds. The Labute approximate surface area is 221 Å². The first-order valence-corrected chi connectivity index (χ1v) is 13.4. The van der Waals surface area contributed by atoms with Gasteiger partial charge in [-0.2, -0.15) is 5.10 Å². The molecule has 202 valence electrons. The molecule has 38 heavy (non-hydrogen) atoms. The highest BCUT2D eigenvalue weighted by atomic mass is 16.6. The molecule has 2 saturated heterocycles. The molecule has 2 atom stereocenters. The molecular weight excluding hydrogens is 488 g/mol. The number of carbonyl (C=O) groups is 1. The van der Waals surface area contributed by atoms with E-state index in [1.54, 1.807) is 19.2 Å². The lowest BCUT2D eigenvalue weighted by molar-refractivity contribution is 0.0303. The zero-order chi connectivity index (χ0) is 26.1. The molecule has 0 spiro atoms. The highest BCUT2D eigenvalue weighted by Crippen LogP contribution is 2.36. The zero-order valence-corrected chi connectivity index (χ0v) is 21.6. The Morgan fingerprint density at radius 3 is 2.50 bits per heavy atom. The van der Waals surface area contributed by atoms with Crippen LogP contribution in [0.4, 0.5) is 16.3 Å². The van der Waals surface area contributed by atoms with Crippen molar-refractivity contribution in [3.05, 3.63) is 30.5 Å². The number of aliphatic hydroxyl groups excluding tert-OH is 1. The van der Waals surface area contributed by atoms with Crippen molar-refractivity contribution in [3.63, 3.8) is 0 Å². The molecule has 1 saturated carbocycles. The number of ether oxygens (including phenoxy) is 3. The molecule has 3 fully saturated rings. The van der Waals surface area contributed by atoms with Gasteiger partial charge in [-0.15, -0.1) is 0 Å². The Balaban J connectivity index is 1.34. The molecule has 2 N–H and O–H groups in total. The van der Waals surface area contributed by atoms with Crippen LogP contribution < -0.4 is 10.2 Å². The van der Waals surface area contributed by atoms with Gasteiger partial charge in [0, 0.05) is 31.5 Å². The standard InChI is InChI=1S/C27H34N6O5/c1-36-20-8-6-19(7-9-20)33-26-23(14-28-33)25(32-15-21-10-11-22(16-32)38-21)30-24(31-26)17-2-4-18(5-3-17)29-27(35)37-13-12-34/h2-5,14,19-22,34H,6-13,15-16H2,1H3,(H,29,35). The number of morpholine rings is 1. The Morgan fingerprint density at radius 1 is 1.08 bits per heavy atom. The minimum Gasteiger partial charge on any atom is -0.447 e. The lowest BCUT2D eigenvalue weighted by Gasteiger charge is -2.33. The van der Waals surface area contributed by atoms with Crippen molar-refractivity contribution in [3.8, 4) is 11.4 Å². The van der Waals surface area contributed by atoms with Crippen molar-refractivity contribution < 1.29 is 24.1 Å². The monoisotopic (exact) mass is 522 g/mol. The van der Waals surface area contributed by atoms with E-state index in [-0.39, 0.29) is 31.5 Å². The van der Waals surface area contributed by atoms with E-state index in [1.807, 2.05) is 18.3 Å². The van der Waals surface area contributed by atoms with Gasteiger partial charge < -0.3 is 24.2 Å². The maximum absolute atomic E-state index is 11.8. The number of benzene rings is 1. The third-order valence-electron chi connectivity index (χ3n) is 7.81. The van der Waals surface area contributed by atoms with Crippen molar-refractivity contribution in [2.75, 3.05) is 43.6 Å². The van der Waals surface area contributed by atoms with Gasteiger partial charge in [0.2, 0.25) is 0 Å². The van der Waals surface area contributed by atoms with E-state index in [2.05, 4.69) is 14.9 Å². The Morgan fingerprint density at radius 2 is 1.82 bits per heavy atom. The third-order valence-corrected chi connectivity index (χ3v) is 7.81. The fourth-order valence-electron chi connectivity index (χ4n) is 5.86. The average molecular weight is 523 g/mol. The van der Waals surface area contributed by atoms with Crippen molar-refractivity contribution >= 4 is 28.6 Å². The van der Waals surface area contributed by atoms with Crippen molar-refractivity contribution in [1.82, 2.24) is 19.7 Å². The Bertz CT molecular complexity index is 1260. The van der Waals surface area contributed by atoms with E-state index in [0.29, 0.717) is 17.6 Å². The minimum absolute atomic E-state index is 0.0510. The summed E-state index contributed by atoms with van der Waals surface area (Å²) < 4.78 is 18.6. The van der Waals surface area contributed by atoms with Crippen LogP contribution in [0.3, 0.4) is 0 Å². The second kappa shape index (κ2) is 10.8. The van der Waals surface area contributed by atoms with Crippen LogP contribution in [-0.4, -0.2) is 82.7 Å². The fourth-order valence-corrected chi connectivity index (χ4v) is 5.86. The number of aliphatic hydroxyl groups is 1. The lowest BCUT2D eigenvalue weighted by Crippen LogP contribution is -2.43. The van der Waals surface area contributed by atoms with Gasteiger partial charge in [-0.05, 0) is 62.8 Å². The average Bonchev–Trinajstić information content (AvgIpc) is 3.53. The summed E-state index contributed by atoms with van der Waals surface area (Å²) in [6, 6.07) is 7.63. The van der Waals surface area contributed by atoms with E-state index in [0.717, 1.165) is 74.0 Å². The lowest BCUT2D eigenvalue weighted by atomic mass is 9.93. The molecule has 2 unspecified atom stereocenters. The second-order valence-electron chi connectivity index (χ2n) is 10.3. The topological polar surface area (TPSA) is 124 Å². The normalized spacial score (nSPS) is 25.1. The number of rotatable bonds is 7. The quantitative estimate of drug-likeness (QED) is 0.479. The van der Waals surface area contributed by atoms with Gasteiger partial charge >= 0.3 is 6.09 Å². The summed E-state index contributed by atoms with van der Waals surface area (Å²) in [6.07, 6.45) is 8.26. The third kappa shape index (κ3) is 5.05. The summed E-state index contributed by atoms with van der Waals surface area (Å²) in [6.45, 7) is 1.35. The fraction of sp³-hybridized carbons (Fsp3) is 0.556. The molecule has 2 aliphatic heterocycles. The largest absolute Gasteiger partial charge is 0.447 e. The molecular formula is C27H34N6O5. The number of nitrogens with one attached hydrogen (secondary N) is 1. The van der Waals surface area contributed by atoms with Crippen LogP contribution in [0.2, 0.25) is 0 Å². The van der Waals surface area contributed by atoms with Crippen LogP contribution in [0.15, 0.2) is 30.5 Å². The van der Waals surface area contributed by atoms with Crippen LogP contribution in [0.25, 0.3) is 22.4 Å². The molecule has 4 heterocycles. The van der Waals surface area contributed by atoms with Crippen molar-refractivity contribution in [2.45, 2.75) is 62.9 Å². The van der Waals surface area contributed by atoms with Crippen molar-refractivity contribution in [1.29, 1.82) is 0 Å². The van der Waals surface area contributed by atoms with Gasteiger partial charge in [0.15, 0.2) is 11.5 Å². The SMILES string of the molecule is COC1CCC(n2ncc3c(N4CC5CCC(C4)O5)nc(-c4ccc(NC(=O)OCCO)cc4)nc32)CC1. The van der Waals surface area contributed by atoms with Crippen LogP contribution in [-0.2, 0) is 14.2 Å². The van der Waals surface area contributed by atoms with Crippen LogP contribution in [0.1, 0.15) is 44.6 Å². The summed E-state index contributed by atoms with van der Waals surface area (Å²) in [7, 11) is 1.79. The summed E-state index contributed by atoms with van der Waals surface area (Å²) in [4.78, 5) is 24.3. The maximum atomic E-state index is 11.8. The van der Waals surface area contributed by atoms with Crippen LogP contribution >= 0.6 is 0 Å². The predicted molar refractivity (Wildman–Crippen MR) is 141 cm³/mol. The molecule has 3 aliphatic rings. The van der Waals surface area contributed by atoms with Crippen LogP contribution in [0, 0.1) is 0 Å². The van der Waals surface area contributed by atoms with E-state index < -0.39 is 6.09 Å². The maximum Gasteiger partial charge on any atom is 0.411 e. The van der Waals surface area contributed by atoms with Gasteiger partial charge in [-0.25, -0.2) is 19.4 Å². The van der Waals surface area contributed by atoms with Crippen LogP contribution in [0.5, 0.6) is 0 Å². The van der Waals surface area contributed by atoms with Gasteiger partial charge in [-0.1, -0.05) is 0 Å². The molecule has 11 nitrogen and oxygen atoms in total. The second-order valence-corrected chi connectivity index (χ2v) is 10.3. The Kier molecular flexibility index (Phi) is 7.14. The summed E-state index contributed by atoms with van der Waals surface area (Å²) >= 11 is 0. The van der Waals surface area contributed by atoms with Gasteiger partial charge in [0.05, 0.1) is 42.5 Å². The molecule has 6 rings (SSSR count). The number of nitrogens with zero attached hydrogens (tertiary/aromatic N) is 5. The first kappa shape index (κ1) is 25.0. The molecule has 3 aromatic rings. The summed E-state index contributed by atoms with van der Waals surface area (Å²) in [5.41, 5.74) is 2.27. The minimum atomic E-state index is -0.610. The van der Waals surface area contributed by atoms with Gasteiger partial charge in [0.1, 0.15) is 12.4 Å². The highest BCUT2D eigenvalue weighted by Gasteiger charge is 2.36. The summed E-state index contributed by atoms with van der Waals surface area (Å²) in [5.74, 6) is 1.52. The molecule has 0 radical (unpaired) electrons. The zero-order valence-electron chi connectivity index (χ0n) is 21.6. The molecule has 2 aromatic heterocycles. The number of amides is 1. The molecule has 2 bridgehead atoms. The molecule has 1 aromatic carbocycles. The van der Waals surface area contributed by atoms with Gasteiger partial charge in [0.25, 0.3) is 0 Å². The molecule has 11 heteroatoms. The number of hydrogen-bond donors (Lipinski definition) is 2. The summed E-state index contributed by atoms with van der Waals surface area (Å²) in [5, 5.41) is 17.3. The van der Waals surface area contributed by atoms with E-state index in [9.17, 15) is 4.79 Å². The first-order chi connectivity index (χ1) is 18.6. The smallest absolute Gasteiger partial charge is 0.411 e.